The number of nitrogens with zero attached hydrogens (tertiary/aromatic N) is 5. The molecule has 0 aromatic carbocycles. The number of hydrogen-bond donors (Lipinski definition) is 1. The molecule has 2 aromatic heterocycles. The molecule has 190 valence electrons. The van der Waals surface area contributed by atoms with Gasteiger partial charge >= 0.3 is 12.1 Å². The fourth-order valence-corrected chi connectivity index (χ4v) is 5.20. The topological polar surface area (TPSA) is 120 Å². The molecule has 1 saturated carbocycles. The van der Waals surface area contributed by atoms with E-state index in [4.69, 9.17) is 9.47 Å². The highest BCUT2D eigenvalue weighted by Gasteiger charge is 2.34. The normalized spacial score (nSPS) is 24.4. The van der Waals surface area contributed by atoms with Crippen LogP contribution in [0.5, 0.6) is 5.75 Å². The van der Waals surface area contributed by atoms with Crippen LogP contribution in [0, 0.1) is 12.8 Å². The minimum Gasteiger partial charge on any atom is -0.489 e. The Morgan fingerprint density at radius 3 is 2.71 bits per heavy atom. The second-order valence-electron chi connectivity index (χ2n) is 9.68. The van der Waals surface area contributed by atoms with Crippen LogP contribution >= 0.6 is 0 Å². The number of aryl methyl sites for hydroxylation is 2. The van der Waals surface area contributed by atoms with Gasteiger partial charge in [-0.15, -0.1) is 5.10 Å². The molecule has 1 aliphatic heterocycles. The molecule has 2 aromatic rings. The summed E-state index contributed by atoms with van der Waals surface area (Å²) in [6.07, 6.45) is 5.32. The van der Waals surface area contributed by atoms with Crippen molar-refractivity contribution in [2.45, 2.75) is 90.5 Å². The molecule has 0 radical (unpaired) electrons. The summed E-state index contributed by atoms with van der Waals surface area (Å²) in [6, 6.07) is 4.03. The number of carboxylic acids is 1. The molecule has 2 fully saturated rings. The summed E-state index contributed by atoms with van der Waals surface area (Å²) in [6.45, 7) is 6.05. The highest BCUT2D eigenvalue weighted by molar-refractivity contribution is 5.70. The molecule has 1 amide bonds. The Morgan fingerprint density at radius 2 is 2.00 bits per heavy atom. The van der Waals surface area contributed by atoms with Crippen molar-refractivity contribution in [2.24, 2.45) is 13.0 Å². The smallest absolute Gasteiger partial charge is 0.410 e. The van der Waals surface area contributed by atoms with Gasteiger partial charge in [-0.2, -0.15) is 0 Å². The average molecular weight is 486 g/mol. The van der Waals surface area contributed by atoms with Gasteiger partial charge in [-0.05, 0) is 70.9 Å². The fourth-order valence-electron chi connectivity index (χ4n) is 5.20. The minimum atomic E-state index is -0.760. The number of aromatic nitrogens is 4. The maximum atomic E-state index is 12.8. The Bertz CT molecular complexity index is 1070. The van der Waals surface area contributed by atoms with Crippen LogP contribution in [0.4, 0.5) is 4.79 Å². The zero-order valence-electron chi connectivity index (χ0n) is 20.9. The molecule has 4 atom stereocenters. The predicted octanol–water partition coefficient (Wildman–Crippen LogP) is 4.11. The first-order chi connectivity index (χ1) is 16.8. The molecule has 0 bridgehead atoms. The van der Waals surface area contributed by atoms with E-state index < -0.39 is 5.97 Å². The Labute approximate surface area is 205 Å². The van der Waals surface area contributed by atoms with Gasteiger partial charge in [-0.3, -0.25) is 4.79 Å². The van der Waals surface area contributed by atoms with Crippen LogP contribution in [-0.4, -0.2) is 60.2 Å². The van der Waals surface area contributed by atoms with Crippen molar-refractivity contribution in [1.82, 2.24) is 24.9 Å². The number of amides is 1. The van der Waals surface area contributed by atoms with E-state index in [-0.39, 0.29) is 36.8 Å². The second kappa shape index (κ2) is 10.6. The maximum absolute atomic E-state index is 12.8. The molecule has 4 rings (SSSR count). The van der Waals surface area contributed by atoms with Gasteiger partial charge in [-0.25, -0.2) is 14.5 Å². The first-order valence-electron chi connectivity index (χ1n) is 12.5. The number of rotatable bonds is 7. The van der Waals surface area contributed by atoms with E-state index in [2.05, 4.69) is 29.1 Å². The molecule has 35 heavy (non-hydrogen) atoms. The van der Waals surface area contributed by atoms with E-state index in [0.29, 0.717) is 41.4 Å². The van der Waals surface area contributed by atoms with E-state index in [0.717, 1.165) is 32.1 Å². The quantitative estimate of drug-likeness (QED) is 0.622. The molecule has 1 N–H and O–H groups in total. The molecular formula is C25H35N5O5. The van der Waals surface area contributed by atoms with Gasteiger partial charge in [0, 0.05) is 19.1 Å². The lowest BCUT2D eigenvalue weighted by atomic mass is 9.87. The predicted molar refractivity (Wildman–Crippen MR) is 128 cm³/mol. The van der Waals surface area contributed by atoms with Crippen molar-refractivity contribution in [1.29, 1.82) is 0 Å². The first-order valence-corrected chi connectivity index (χ1v) is 12.5. The second-order valence-corrected chi connectivity index (χ2v) is 9.68. The molecular weight excluding hydrogens is 450 g/mol. The molecule has 0 spiro atoms. The number of carboxylic acid groups (broad SMARTS) is 1. The van der Waals surface area contributed by atoms with E-state index in [1.165, 1.54) is 0 Å². The lowest BCUT2D eigenvalue weighted by molar-refractivity contribution is -0.143. The number of carbonyl (C=O) groups is 2. The molecule has 1 saturated heterocycles. The van der Waals surface area contributed by atoms with Gasteiger partial charge in [0.25, 0.3) is 0 Å². The average Bonchev–Trinajstić information content (AvgIpc) is 3.40. The van der Waals surface area contributed by atoms with Gasteiger partial charge in [0.15, 0.2) is 0 Å². The largest absolute Gasteiger partial charge is 0.489 e. The van der Waals surface area contributed by atoms with Crippen LogP contribution < -0.4 is 4.74 Å². The third-order valence-corrected chi connectivity index (χ3v) is 7.29. The summed E-state index contributed by atoms with van der Waals surface area (Å²) in [4.78, 5) is 30.7. The van der Waals surface area contributed by atoms with Gasteiger partial charge in [0.1, 0.15) is 23.7 Å². The zero-order valence-corrected chi connectivity index (χ0v) is 20.9. The zero-order chi connectivity index (χ0) is 25.1. The van der Waals surface area contributed by atoms with Gasteiger partial charge in [0.2, 0.25) is 0 Å². The number of pyridine rings is 1. The van der Waals surface area contributed by atoms with Crippen molar-refractivity contribution in [2.75, 3.05) is 0 Å². The summed E-state index contributed by atoms with van der Waals surface area (Å²) in [5.74, 6) is -0.485. The van der Waals surface area contributed by atoms with E-state index in [1.807, 2.05) is 24.0 Å². The van der Waals surface area contributed by atoms with Crippen LogP contribution in [0.1, 0.15) is 70.2 Å². The molecule has 10 nitrogen and oxygen atoms in total. The van der Waals surface area contributed by atoms with Crippen molar-refractivity contribution in [3.05, 3.63) is 23.5 Å². The SMILES string of the molecule is CCC1CCC(C)N1C(=O)OCc1c(-c2ccc(O[C@H]3CCC[C@H](C(=O)O)C3)c(C)n2)nnn1C. The van der Waals surface area contributed by atoms with Crippen LogP contribution in [0.2, 0.25) is 0 Å². The number of aliphatic carboxylic acids is 1. The van der Waals surface area contributed by atoms with E-state index in [1.54, 1.807) is 11.7 Å². The first kappa shape index (κ1) is 24.9. The van der Waals surface area contributed by atoms with Crippen molar-refractivity contribution in [3.8, 4) is 17.1 Å². The summed E-state index contributed by atoms with van der Waals surface area (Å²) in [5, 5.41) is 17.7. The summed E-state index contributed by atoms with van der Waals surface area (Å²) < 4.78 is 13.4. The Hall–Kier alpha value is -3.17. The Morgan fingerprint density at radius 1 is 1.20 bits per heavy atom. The summed E-state index contributed by atoms with van der Waals surface area (Å²) in [5.41, 5.74) is 2.52. The number of carbonyl (C=O) groups excluding carboxylic acids is 1. The number of likely N-dealkylation sites (tertiary alicyclic amines) is 1. The highest BCUT2D eigenvalue weighted by atomic mass is 16.6. The van der Waals surface area contributed by atoms with Crippen LogP contribution in [0.15, 0.2) is 12.1 Å². The standard InChI is InChI=1S/C25H35N5O5/c1-5-18-10-9-15(2)30(18)25(33)34-14-21-23(27-28-29(21)4)20-11-12-22(16(3)26-20)35-19-8-6-7-17(13-19)24(31)32/h11-12,15,17-19H,5-10,13-14H2,1-4H3,(H,31,32)/t15?,17-,18?,19-/m0/s1. The minimum absolute atomic E-state index is 0.0505. The van der Waals surface area contributed by atoms with Crippen molar-refractivity contribution < 1.29 is 24.2 Å². The monoisotopic (exact) mass is 485 g/mol. The summed E-state index contributed by atoms with van der Waals surface area (Å²) in [7, 11) is 1.76. The third-order valence-electron chi connectivity index (χ3n) is 7.29. The van der Waals surface area contributed by atoms with Gasteiger partial charge in [0.05, 0.1) is 23.4 Å². The fraction of sp³-hybridized carbons (Fsp3) is 0.640. The molecule has 1 aliphatic carbocycles. The maximum Gasteiger partial charge on any atom is 0.410 e. The number of hydrogen-bond acceptors (Lipinski definition) is 7. The Kier molecular flexibility index (Phi) is 7.57. The Balaban J connectivity index is 1.45. The van der Waals surface area contributed by atoms with Crippen LogP contribution in [-0.2, 0) is 23.2 Å². The van der Waals surface area contributed by atoms with Crippen molar-refractivity contribution in [3.63, 3.8) is 0 Å². The number of ether oxygens (including phenoxy) is 2. The molecule has 3 heterocycles. The van der Waals surface area contributed by atoms with Gasteiger partial charge in [-0.1, -0.05) is 12.1 Å². The molecule has 2 unspecified atom stereocenters. The van der Waals surface area contributed by atoms with Crippen LogP contribution in [0.3, 0.4) is 0 Å². The van der Waals surface area contributed by atoms with Crippen molar-refractivity contribution >= 4 is 12.1 Å². The lowest BCUT2D eigenvalue weighted by Crippen LogP contribution is -2.40. The summed E-state index contributed by atoms with van der Waals surface area (Å²) >= 11 is 0. The van der Waals surface area contributed by atoms with Gasteiger partial charge < -0.3 is 19.5 Å². The molecule has 2 aliphatic rings. The lowest BCUT2D eigenvalue weighted by Gasteiger charge is -2.27. The molecule has 10 heteroatoms. The van der Waals surface area contributed by atoms with Crippen LogP contribution in [0.25, 0.3) is 11.4 Å². The third kappa shape index (κ3) is 5.41. The van der Waals surface area contributed by atoms with E-state index >= 15 is 0 Å². The van der Waals surface area contributed by atoms with E-state index in [9.17, 15) is 14.7 Å². The highest BCUT2D eigenvalue weighted by Crippen LogP contribution is 2.31.